The first kappa shape index (κ1) is 17.0. The van der Waals surface area contributed by atoms with Gasteiger partial charge in [0.25, 0.3) is 0 Å². The van der Waals surface area contributed by atoms with Crippen LogP contribution in [0.3, 0.4) is 0 Å². The number of pyridine rings is 1. The van der Waals surface area contributed by atoms with E-state index >= 15 is 0 Å². The first-order valence-electron chi connectivity index (χ1n) is 7.16. The molecule has 0 saturated heterocycles. The average molecular weight is 324 g/mol. The molecule has 0 saturated carbocycles. The first-order chi connectivity index (χ1) is 11.6. The number of rotatable bonds is 5. The van der Waals surface area contributed by atoms with E-state index in [1.807, 2.05) is 36.4 Å². The van der Waals surface area contributed by atoms with Crippen LogP contribution in [0.15, 0.2) is 48.7 Å². The van der Waals surface area contributed by atoms with Gasteiger partial charge in [-0.2, -0.15) is 5.26 Å². The van der Waals surface area contributed by atoms with Crippen molar-refractivity contribution in [3.8, 4) is 6.07 Å². The van der Waals surface area contributed by atoms with E-state index in [9.17, 15) is 9.59 Å². The number of amides is 2. The zero-order valence-electron chi connectivity index (χ0n) is 13.1. The Labute approximate surface area is 139 Å². The molecule has 0 fully saturated rings. The van der Waals surface area contributed by atoms with E-state index in [1.54, 1.807) is 6.07 Å². The van der Waals surface area contributed by atoms with Gasteiger partial charge in [-0.15, -0.1) is 0 Å². The summed E-state index contributed by atoms with van der Waals surface area (Å²) < 4.78 is 5.13. The molecule has 2 aromatic rings. The molecule has 0 aliphatic carbocycles. The van der Waals surface area contributed by atoms with Crippen molar-refractivity contribution in [3.63, 3.8) is 0 Å². The maximum absolute atomic E-state index is 11.9. The maximum atomic E-state index is 11.9. The number of carbonyl (C=O) groups excluding carboxylic acids is 2. The summed E-state index contributed by atoms with van der Waals surface area (Å²) in [7, 11) is 1.47. The lowest BCUT2D eigenvalue weighted by molar-refractivity contribution is -0.116. The predicted molar refractivity (Wildman–Crippen MR) is 86.8 cm³/mol. The summed E-state index contributed by atoms with van der Waals surface area (Å²) in [4.78, 5) is 28.8. The molecule has 1 heterocycles. The monoisotopic (exact) mass is 324 g/mol. The Bertz CT molecular complexity index is 756. The largest absolute Gasteiger partial charge is 0.445 e. The van der Waals surface area contributed by atoms with Crippen molar-refractivity contribution >= 4 is 17.7 Å². The molecule has 0 radical (unpaired) electrons. The highest BCUT2D eigenvalue weighted by Gasteiger charge is 2.14. The highest BCUT2D eigenvalue weighted by molar-refractivity contribution is 5.93. The van der Waals surface area contributed by atoms with E-state index in [-0.39, 0.29) is 18.8 Å². The number of carbonyl (C=O) groups is 2. The van der Waals surface area contributed by atoms with Crippen molar-refractivity contribution < 1.29 is 14.3 Å². The van der Waals surface area contributed by atoms with Crippen LogP contribution in [0.5, 0.6) is 0 Å². The van der Waals surface area contributed by atoms with Crippen LogP contribution >= 0.6 is 0 Å². The van der Waals surface area contributed by atoms with Gasteiger partial charge in [0.1, 0.15) is 24.9 Å². The number of ether oxygens (including phenoxy) is 1. The number of nitrogens with one attached hydrogen (secondary N) is 1. The van der Waals surface area contributed by atoms with Gasteiger partial charge in [-0.3, -0.25) is 4.79 Å². The van der Waals surface area contributed by atoms with Crippen LogP contribution < -0.4 is 5.32 Å². The predicted octanol–water partition coefficient (Wildman–Crippen LogP) is 2.16. The van der Waals surface area contributed by atoms with Crippen molar-refractivity contribution in [2.24, 2.45) is 0 Å². The van der Waals surface area contributed by atoms with Crippen molar-refractivity contribution in [2.75, 3.05) is 18.9 Å². The van der Waals surface area contributed by atoms with Crippen LogP contribution in [0.1, 0.15) is 11.3 Å². The molecule has 2 amide bonds. The Hall–Kier alpha value is -3.40. The van der Waals surface area contributed by atoms with Crippen LogP contribution in [-0.2, 0) is 16.1 Å². The number of benzene rings is 1. The Morgan fingerprint density at radius 3 is 2.75 bits per heavy atom. The van der Waals surface area contributed by atoms with Gasteiger partial charge in [-0.1, -0.05) is 30.3 Å². The summed E-state index contributed by atoms with van der Waals surface area (Å²) in [6.07, 6.45) is 0.827. The highest BCUT2D eigenvalue weighted by atomic mass is 16.6. The van der Waals surface area contributed by atoms with E-state index in [2.05, 4.69) is 10.3 Å². The number of hydrogen-bond donors (Lipinski definition) is 1. The lowest BCUT2D eigenvalue weighted by Crippen LogP contribution is -2.35. The molecule has 7 nitrogen and oxygen atoms in total. The number of nitriles is 1. The van der Waals surface area contributed by atoms with Crippen molar-refractivity contribution in [1.82, 2.24) is 9.88 Å². The molecule has 0 atom stereocenters. The normalized spacial score (nSPS) is 9.67. The lowest BCUT2D eigenvalue weighted by Gasteiger charge is -2.16. The molecule has 1 aromatic carbocycles. The zero-order chi connectivity index (χ0) is 17.4. The van der Waals surface area contributed by atoms with Gasteiger partial charge in [0, 0.05) is 18.9 Å². The van der Waals surface area contributed by atoms with Gasteiger partial charge in [0.15, 0.2) is 0 Å². The zero-order valence-corrected chi connectivity index (χ0v) is 13.1. The average Bonchev–Trinajstić information content (AvgIpc) is 2.60. The van der Waals surface area contributed by atoms with E-state index in [0.717, 1.165) is 5.56 Å². The molecule has 1 N–H and O–H groups in total. The molecule has 0 unspecified atom stereocenters. The van der Waals surface area contributed by atoms with Crippen molar-refractivity contribution in [2.45, 2.75) is 6.61 Å². The van der Waals surface area contributed by atoms with Crippen LogP contribution in [0.2, 0.25) is 0 Å². The van der Waals surface area contributed by atoms with Gasteiger partial charge in [-0.25, -0.2) is 9.78 Å². The third-order valence-corrected chi connectivity index (χ3v) is 3.06. The maximum Gasteiger partial charge on any atom is 0.410 e. The summed E-state index contributed by atoms with van der Waals surface area (Å²) in [5, 5.41) is 11.4. The van der Waals surface area contributed by atoms with Crippen LogP contribution in [0.25, 0.3) is 0 Å². The van der Waals surface area contributed by atoms with Crippen molar-refractivity contribution in [3.05, 3.63) is 59.9 Å². The lowest BCUT2D eigenvalue weighted by atomic mass is 10.2. The Morgan fingerprint density at radius 1 is 1.29 bits per heavy atom. The summed E-state index contributed by atoms with van der Waals surface area (Å²) in [5.74, 6) is -0.399. The minimum Gasteiger partial charge on any atom is -0.445 e. The fourth-order valence-electron chi connectivity index (χ4n) is 1.88. The molecular weight excluding hydrogens is 308 g/mol. The van der Waals surface area contributed by atoms with E-state index < -0.39 is 12.0 Å². The van der Waals surface area contributed by atoms with Gasteiger partial charge >= 0.3 is 6.09 Å². The fourth-order valence-corrected chi connectivity index (χ4v) is 1.88. The number of anilines is 1. The molecule has 0 spiro atoms. The van der Waals surface area contributed by atoms with Crippen LogP contribution in [0.4, 0.5) is 10.5 Å². The Morgan fingerprint density at radius 2 is 2.04 bits per heavy atom. The Balaban J connectivity index is 1.82. The molecule has 7 heteroatoms. The Kier molecular flexibility index (Phi) is 5.86. The molecule has 0 aliphatic rings. The topological polar surface area (TPSA) is 95.3 Å². The number of likely N-dealkylation sites (N-methyl/N-ethyl adjacent to an activating group) is 1. The molecule has 1 aromatic heterocycles. The smallest absolute Gasteiger partial charge is 0.410 e. The quantitative estimate of drug-likeness (QED) is 0.909. The van der Waals surface area contributed by atoms with Gasteiger partial charge < -0.3 is 15.0 Å². The standard InChI is InChI=1S/C17H16N4O3/c1-21(17(23)24-12-13-5-3-2-4-6-13)11-16(22)20-14-7-8-19-15(9-14)10-18/h2-9H,11-12H2,1H3,(H,19,20,22). The van der Waals surface area contributed by atoms with Gasteiger partial charge in [0.05, 0.1) is 0 Å². The minimum atomic E-state index is -0.596. The first-order valence-corrected chi connectivity index (χ1v) is 7.16. The SMILES string of the molecule is CN(CC(=O)Nc1ccnc(C#N)c1)C(=O)OCc1ccccc1. The third kappa shape index (κ3) is 5.10. The van der Waals surface area contributed by atoms with Gasteiger partial charge in [0.2, 0.25) is 5.91 Å². The van der Waals surface area contributed by atoms with E-state index in [0.29, 0.717) is 5.69 Å². The molecular formula is C17H16N4O3. The second kappa shape index (κ2) is 8.29. The number of aromatic nitrogens is 1. The molecule has 0 aliphatic heterocycles. The molecule has 122 valence electrons. The second-order valence-electron chi connectivity index (χ2n) is 4.99. The van der Waals surface area contributed by atoms with Crippen molar-refractivity contribution in [1.29, 1.82) is 5.26 Å². The summed E-state index contributed by atoms with van der Waals surface area (Å²) in [6.45, 7) is -0.0284. The fraction of sp³-hybridized carbons (Fsp3) is 0.176. The summed E-state index contributed by atoms with van der Waals surface area (Å²) in [5.41, 5.74) is 1.51. The summed E-state index contributed by atoms with van der Waals surface area (Å²) in [6, 6.07) is 14.2. The van der Waals surface area contributed by atoms with Crippen LogP contribution in [0, 0.1) is 11.3 Å². The van der Waals surface area contributed by atoms with Crippen LogP contribution in [-0.4, -0.2) is 35.5 Å². The molecule has 2 rings (SSSR count). The highest BCUT2D eigenvalue weighted by Crippen LogP contribution is 2.07. The van der Waals surface area contributed by atoms with E-state index in [1.165, 1.54) is 24.2 Å². The van der Waals surface area contributed by atoms with Gasteiger partial charge in [-0.05, 0) is 17.7 Å². The molecule has 24 heavy (non-hydrogen) atoms. The number of hydrogen-bond acceptors (Lipinski definition) is 5. The minimum absolute atomic E-state index is 0.140. The van der Waals surface area contributed by atoms with E-state index in [4.69, 9.17) is 10.00 Å². The number of nitrogens with zero attached hydrogens (tertiary/aromatic N) is 3. The molecule has 0 bridgehead atoms. The summed E-state index contributed by atoms with van der Waals surface area (Å²) >= 11 is 0. The second-order valence-corrected chi connectivity index (χ2v) is 4.99. The third-order valence-electron chi connectivity index (χ3n) is 3.06.